The highest BCUT2D eigenvalue weighted by Crippen LogP contribution is 2.44. The zero-order valence-corrected chi connectivity index (χ0v) is 19.3. The molecule has 0 saturated carbocycles. The largest absolute Gasteiger partial charge is 0.478 e. The molecular formula is C26H20Cl2FNO3. The van der Waals surface area contributed by atoms with Crippen LogP contribution in [0.5, 0.6) is 11.5 Å². The lowest BCUT2D eigenvalue weighted by molar-refractivity contribution is 0.0949. The Kier molecular flexibility index (Phi) is 5.87. The van der Waals surface area contributed by atoms with Crippen LogP contribution in [0, 0.1) is 12.7 Å². The summed E-state index contributed by atoms with van der Waals surface area (Å²) >= 11 is 12.3. The minimum Gasteiger partial charge on any atom is -0.478 e. The summed E-state index contributed by atoms with van der Waals surface area (Å²) in [6.45, 7) is 3.62. The van der Waals surface area contributed by atoms with Gasteiger partial charge in [0.25, 0.3) is 0 Å². The summed E-state index contributed by atoms with van der Waals surface area (Å²) in [5.41, 5.74) is 3.90. The average Bonchev–Trinajstić information content (AvgIpc) is 3.12. The topological polar surface area (TPSA) is 38.8 Å². The predicted molar refractivity (Wildman–Crippen MR) is 127 cm³/mol. The van der Waals surface area contributed by atoms with Gasteiger partial charge in [-0.2, -0.15) is 0 Å². The van der Waals surface area contributed by atoms with Gasteiger partial charge in [-0.15, -0.1) is 0 Å². The lowest BCUT2D eigenvalue weighted by Gasteiger charge is -2.30. The van der Waals surface area contributed by atoms with Crippen molar-refractivity contribution in [3.05, 3.63) is 98.0 Å². The Morgan fingerprint density at radius 2 is 1.91 bits per heavy atom. The molecule has 0 aromatic heterocycles. The predicted octanol–water partition coefficient (Wildman–Crippen LogP) is 6.45. The number of benzene rings is 3. The molecule has 0 amide bonds. The fourth-order valence-corrected chi connectivity index (χ4v) is 4.58. The SMILES string of the molecule is Cc1cc2c(c3c1C(=O)/C(=C\c1ccc(Cl)cc1Cl)O3)CN(CCc1ccc(F)cc1)CO2. The van der Waals surface area contributed by atoms with Gasteiger partial charge >= 0.3 is 0 Å². The van der Waals surface area contributed by atoms with Gasteiger partial charge in [0, 0.05) is 23.1 Å². The number of fused-ring (bicyclic) bond motifs is 3. The molecule has 4 nitrogen and oxygen atoms in total. The van der Waals surface area contributed by atoms with E-state index >= 15 is 0 Å². The first-order chi connectivity index (χ1) is 15.9. The van der Waals surface area contributed by atoms with Crippen molar-refractivity contribution in [2.75, 3.05) is 13.3 Å². The van der Waals surface area contributed by atoms with Crippen molar-refractivity contribution in [1.82, 2.24) is 4.90 Å². The quantitative estimate of drug-likeness (QED) is 0.399. The molecule has 3 aromatic rings. The molecule has 2 aliphatic heterocycles. The van der Waals surface area contributed by atoms with E-state index in [-0.39, 0.29) is 17.4 Å². The number of carbonyl (C=O) groups excluding carboxylic acids is 1. The van der Waals surface area contributed by atoms with Gasteiger partial charge < -0.3 is 9.47 Å². The van der Waals surface area contributed by atoms with Gasteiger partial charge in [0.1, 0.15) is 24.0 Å². The van der Waals surface area contributed by atoms with Crippen molar-refractivity contribution in [1.29, 1.82) is 0 Å². The molecule has 3 aromatic carbocycles. The lowest BCUT2D eigenvalue weighted by atomic mass is 9.98. The minimum atomic E-state index is -0.245. The fourth-order valence-electron chi connectivity index (χ4n) is 4.12. The van der Waals surface area contributed by atoms with E-state index < -0.39 is 0 Å². The van der Waals surface area contributed by atoms with Crippen molar-refractivity contribution in [3.8, 4) is 11.5 Å². The van der Waals surface area contributed by atoms with Gasteiger partial charge in [-0.3, -0.25) is 9.69 Å². The van der Waals surface area contributed by atoms with Crippen LogP contribution in [0.2, 0.25) is 10.0 Å². The molecule has 33 heavy (non-hydrogen) atoms. The molecule has 0 spiro atoms. The van der Waals surface area contributed by atoms with Crippen molar-refractivity contribution in [2.24, 2.45) is 0 Å². The molecule has 0 unspecified atom stereocenters. The zero-order valence-electron chi connectivity index (χ0n) is 17.8. The maximum atomic E-state index is 13.2. The van der Waals surface area contributed by atoms with Crippen molar-refractivity contribution in [3.63, 3.8) is 0 Å². The number of aryl methyl sites for hydroxylation is 1. The van der Waals surface area contributed by atoms with E-state index in [0.717, 1.165) is 35.4 Å². The van der Waals surface area contributed by atoms with Crippen LogP contribution in [0.15, 0.2) is 54.3 Å². The van der Waals surface area contributed by atoms with E-state index in [2.05, 4.69) is 4.90 Å². The van der Waals surface area contributed by atoms with Crippen molar-refractivity contribution >= 4 is 35.1 Å². The maximum Gasteiger partial charge on any atom is 0.232 e. The first kappa shape index (κ1) is 22.0. The third kappa shape index (κ3) is 4.36. The first-order valence-electron chi connectivity index (χ1n) is 10.5. The number of halogens is 3. The van der Waals surface area contributed by atoms with Crippen LogP contribution in [-0.4, -0.2) is 24.0 Å². The molecular weight excluding hydrogens is 464 g/mol. The normalized spacial score (nSPS) is 16.4. The molecule has 5 rings (SSSR count). The Hall–Kier alpha value is -2.86. The molecule has 0 N–H and O–H groups in total. The second-order valence-electron chi connectivity index (χ2n) is 8.18. The number of nitrogens with zero attached hydrogens (tertiary/aromatic N) is 1. The van der Waals surface area contributed by atoms with Gasteiger partial charge in [-0.05, 0) is 66.4 Å². The molecule has 0 atom stereocenters. The molecule has 168 valence electrons. The second kappa shape index (κ2) is 8.82. The van der Waals surface area contributed by atoms with Gasteiger partial charge in [0.15, 0.2) is 5.76 Å². The van der Waals surface area contributed by atoms with Crippen LogP contribution in [0.1, 0.15) is 32.6 Å². The van der Waals surface area contributed by atoms with E-state index in [4.69, 9.17) is 32.7 Å². The van der Waals surface area contributed by atoms with E-state index in [0.29, 0.717) is 40.2 Å². The Morgan fingerprint density at radius 3 is 2.67 bits per heavy atom. The summed E-state index contributed by atoms with van der Waals surface area (Å²) in [5, 5.41) is 0.961. The summed E-state index contributed by atoms with van der Waals surface area (Å²) < 4.78 is 25.2. The number of hydrogen-bond acceptors (Lipinski definition) is 4. The third-order valence-electron chi connectivity index (χ3n) is 5.87. The smallest absolute Gasteiger partial charge is 0.232 e. The summed E-state index contributed by atoms with van der Waals surface area (Å²) in [6.07, 6.45) is 2.40. The third-order valence-corrected chi connectivity index (χ3v) is 6.43. The summed E-state index contributed by atoms with van der Waals surface area (Å²) in [7, 11) is 0. The van der Waals surface area contributed by atoms with Crippen molar-refractivity contribution in [2.45, 2.75) is 19.9 Å². The number of carbonyl (C=O) groups is 1. The fraction of sp³-hybridized carbons (Fsp3) is 0.192. The Bertz CT molecular complexity index is 1290. The zero-order chi connectivity index (χ0) is 23.1. The standard InChI is InChI=1S/C26H20Cl2FNO3/c1-15-10-22-20(13-30(14-32-22)9-8-16-2-6-19(29)7-3-16)26-24(15)25(31)23(33-26)11-17-4-5-18(27)12-21(17)28/h2-7,10-12H,8-9,13-14H2,1H3/b23-11+. The Morgan fingerprint density at radius 1 is 1.12 bits per heavy atom. The monoisotopic (exact) mass is 483 g/mol. The highest BCUT2D eigenvalue weighted by molar-refractivity contribution is 6.35. The van der Waals surface area contributed by atoms with Crippen LogP contribution < -0.4 is 9.47 Å². The average molecular weight is 484 g/mol. The second-order valence-corrected chi connectivity index (χ2v) is 9.03. The lowest BCUT2D eigenvalue weighted by Crippen LogP contribution is -2.33. The van der Waals surface area contributed by atoms with Gasteiger partial charge in [-0.25, -0.2) is 4.39 Å². The number of allylic oxidation sites excluding steroid dienone is 1. The Labute approximate surface area is 201 Å². The van der Waals surface area contributed by atoms with E-state index in [1.165, 1.54) is 12.1 Å². The molecule has 0 bridgehead atoms. The van der Waals surface area contributed by atoms with E-state index in [1.807, 2.05) is 13.0 Å². The molecule has 2 heterocycles. The number of ether oxygens (including phenoxy) is 2. The van der Waals surface area contributed by atoms with Crippen LogP contribution in [0.25, 0.3) is 6.08 Å². The van der Waals surface area contributed by atoms with E-state index in [9.17, 15) is 9.18 Å². The molecule has 2 aliphatic rings. The first-order valence-corrected chi connectivity index (χ1v) is 11.3. The minimum absolute atomic E-state index is 0.181. The van der Waals surface area contributed by atoms with Crippen LogP contribution in [-0.2, 0) is 13.0 Å². The number of ketones is 1. The summed E-state index contributed by atoms with van der Waals surface area (Å²) in [4.78, 5) is 15.3. The van der Waals surface area contributed by atoms with Gasteiger partial charge in [-0.1, -0.05) is 41.4 Å². The van der Waals surface area contributed by atoms with Crippen molar-refractivity contribution < 1.29 is 18.7 Å². The van der Waals surface area contributed by atoms with E-state index in [1.54, 1.807) is 36.4 Å². The molecule has 0 fully saturated rings. The molecule has 7 heteroatoms. The number of rotatable bonds is 4. The van der Waals surface area contributed by atoms with Crippen LogP contribution in [0.3, 0.4) is 0 Å². The highest BCUT2D eigenvalue weighted by atomic mass is 35.5. The van der Waals surface area contributed by atoms with Gasteiger partial charge in [0.2, 0.25) is 5.78 Å². The summed E-state index contributed by atoms with van der Waals surface area (Å²) in [5.74, 6) is 1.06. The van der Waals surface area contributed by atoms with Crippen LogP contribution >= 0.6 is 23.2 Å². The number of Topliss-reactive ketones (excluding diaryl/α,β-unsaturated/α-hetero) is 1. The molecule has 0 radical (unpaired) electrons. The Balaban J connectivity index is 1.40. The molecule has 0 aliphatic carbocycles. The maximum absolute atomic E-state index is 13.2. The van der Waals surface area contributed by atoms with Gasteiger partial charge in [0.05, 0.1) is 11.1 Å². The van der Waals surface area contributed by atoms with Crippen LogP contribution in [0.4, 0.5) is 4.39 Å². The number of hydrogen-bond donors (Lipinski definition) is 0. The highest BCUT2D eigenvalue weighted by Gasteiger charge is 2.35. The summed E-state index contributed by atoms with van der Waals surface area (Å²) in [6, 6.07) is 13.5. The molecule has 0 saturated heterocycles.